The third-order valence-corrected chi connectivity index (χ3v) is 6.10. The normalized spacial score (nSPS) is 20.9. The highest BCUT2D eigenvalue weighted by molar-refractivity contribution is 5.94. The first-order valence-electron chi connectivity index (χ1n) is 10.8. The second-order valence-corrected chi connectivity index (χ2v) is 8.40. The number of likely N-dealkylation sites (tertiary alicyclic amines) is 1. The van der Waals surface area contributed by atoms with Crippen molar-refractivity contribution in [3.05, 3.63) is 53.7 Å². The van der Waals surface area contributed by atoms with Crippen LogP contribution in [-0.2, 0) is 6.18 Å². The molecule has 0 bridgehead atoms. The fourth-order valence-electron chi connectivity index (χ4n) is 4.30. The first kappa shape index (κ1) is 22.5. The number of halogens is 3. The van der Waals surface area contributed by atoms with E-state index in [4.69, 9.17) is 4.74 Å². The maximum atomic E-state index is 12.9. The zero-order valence-electron chi connectivity index (χ0n) is 18.0. The summed E-state index contributed by atoms with van der Waals surface area (Å²) < 4.78 is 43.4. The van der Waals surface area contributed by atoms with Gasteiger partial charge >= 0.3 is 6.18 Å². The Hall–Kier alpha value is -2.65. The summed E-state index contributed by atoms with van der Waals surface area (Å²) in [5, 5.41) is 0. The number of nitrogens with zero attached hydrogens (tertiary/aromatic N) is 4. The highest BCUT2D eigenvalue weighted by atomic mass is 19.4. The first-order valence-corrected chi connectivity index (χ1v) is 10.8. The van der Waals surface area contributed by atoms with Crippen LogP contribution in [0.4, 0.5) is 13.2 Å². The maximum absolute atomic E-state index is 12.9. The molecule has 4 rings (SSSR count). The number of piperidine rings is 1. The van der Waals surface area contributed by atoms with E-state index in [1.54, 1.807) is 24.3 Å². The van der Waals surface area contributed by atoms with Crippen LogP contribution in [0.5, 0.6) is 11.6 Å². The zero-order chi connectivity index (χ0) is 22.7. The van der Waals surface area contributed by atoms with Gasteiger partial charge in [-0.3, -0.25) is 9.69 Å². The largest absolute Gasteiger partial charge is 0.439 e. The molecule has 2 aliphatic rings. The molecule has 0 spiro atoms. The Morgan fingerprint density at radius 1 is 1.03 bits per heavy atom. The van der Waals surface area contributed by atoms with Gasteiger partial charge in [-0.2, -0.15) is 13.2 Å². The molecule has 0 aliphatic carbocycles. The van der Waals surface area contributed by atoms with Crippen LogP contribution >= 0.6 is 0 Å². The third kappa shape index (κ3) is 5.39. The lowest BCUT2D eigenvalue weighted by Gasteiger charge is -2.42. The van der Waals surface area contributed by atoms with Crippen LogP contribution < -0.4 is 4.74 Å². The average molecular weight is 448 g/mol. The first-order chi connectivity index (χ1) is 15.3. The van der Waals surface area contributed by atoms with Crippen molar-refractivity contribution in [2.75, 3.05) is 46.3 Å². The predicted octanol–water partition coefficient (Wildman–Crippen LogP) is 3.74. The van der Waals surface area contributed by atoms with E-state index < -0.39 is 11.7 Å². The Kier molecular flexibility index (Phi) is 6.66. The molecular formula is C23H27F3N4O2. The van der Waals surface area contributed by atoms with E-state index in [9.17, 15) is 18.0 Å². The van der Waals surface area contributed by atoms with Gasteiger partial charge < -0.3 is 14.5 Å². The lowest BCUT2D eigenvalue weighted by atomic mass is 10.0. The Morgan fingerprint density at radius 3 is 2.34 bits per heavy atom. The second-order valence-electron chi connectivity index (χ2n) is 8.40. The van der Waals surface area contributed by atoms with Crippen molar-refractivity contribution in [1.29, 1.82) is 0 Å². The van der Waals surface area contributed by atoms with E-state index in [1.807, 2.05) is 4.90 Å². The van der Waals surface area contributed by atoms with Gasteiger partial charge in [0, 0.05) is 56.6 Å². The molecule has 1 unspecified atom stereocenters. The van der Waals surface area contributed by atoms with Crippen LogP contribution in [0.3, 0.4) is 0 Å². The van der Waals surface area contributed by atoms with Gasteiger partial charge in [0.25, 0.3) is 5.91 Å². The number of rotatable bonds is 4. The quantitative estimate of drug-likeness (QED) is 0.713. The molecular weight excluding hydrogens is 421 g/mol. The minimum absolute atomic E-state index is 0.0235. The van der Waals surface area contributed by atoms with E-state index in [0.717, 1.165) is 38.4 Å². The number of ether oxygens (including phenoxy) is 1. The summed E-state index contributed by atoms with van der Waals surface area (Å²) in [5.41, 5.74) is -0.273. The van der Waals surface area contributed by atoms with Gasteiger partial charge in [0.15, 0.2) is 0 Å². The minimum Gasteiger partial charge on any atom is -0.439 e. The van der Waals surface area contributed by atoms with Crippen molar-refractivity contribution in [2.24, 2.45) is 0 Å². The van der Waals surface area contributed by atoms with Gasteiger partial charge in [-0.05, 0) is 56.8 Å². The molecule has 2 saturated heterocycles. The number of amides is 1. The lowest BCUT2D eigenvalue weighted by Crippen LogP contribution is -2.55. The number of carbonyl (C=O) groups excluding carboxylic acids is 1. The number of aromatic nitrogens is 1. The Bertz CT molecular complexity index is 910. The highest BCUT2D eigenvalue weighted by Gasteiger charge is 2.31. The van der Waals surface area contributed by atoms with Gasteiger partial charge in [-0.15, -0.1) is 0 Å². The molecule has 0 radical (unpaired) electrons. The number of carbonyl (C=O) groups is 1. The molecule has 2 fully saturated rings. The summed E-state index contributed by atoms with van der Waals surface area (Å²) in [4.78, 5) is 23.3. The number of likely N-dealkylation sites (N-methyl/N-ethyl adjacent to an activating group) is 1. The molecule has 3 heterocycles. The number of piperazine rings is 1. The number of hydrogen-bond acceptors (Lipinski definition) is 5. The van der Waals surface area contributed by atoms with Crippen molar-refractivity contribution in [3.63, 3.8) is 0 Å². The van der Waals surface area contributed by atoms with Crippen molar-refractivity contribution < 1.29 is 22.7 Å². The summed E-state index contributed by atoms with van der Waals surface area (Å²) in [5.74, 6) is 0.436. The topological polar surface area (TPSA) is 48.9 Å². The van der Waals surface area contributed by atoms with Crippen LogP contribution in [0.25, 0.3) is 0 Å². The van der Waals surface area contributed by atoms with E-state index in [0.29, 0.717) is 30.4 Å². The molecule has 1 aromatic heterocycles. The van der Waals surface area contributed by atoms with Crippen molar-refractivity contribution >= 4 is 5.91 Å². The van der Waals surface area contributed by atoms with E-state index in [-0.39, 0.29) is 11.8 Å². The Labute approximate surface area is 185 Å². The average Bonchev–Trinajstić information content (AvgIpc) is 2.79. The van der Waals surface area contributed by atoms with Crippen LogP contribution in [-0.4, -0.2) is 77.9 Å². The number of hydrogen-bond donors (Lipinski definition) is 0. The van der Waals surface area contributed by atoms with E-state index in [1.165, 1.54) is 18.9 Å². The van der Waals surface area contributed by atoms with Crippen LogP contribution in [0.1, 0.15) is 28.8 Å². The summed E-state index contributed by atoms with van der Waals surface area (Å²) in [7, 11) is 2.16. The standard InChI is InChI=1S/C23H27F3N4O2/c1-28-10-2-3-19(16-28)29-11-13-30(14-12-29)22(31)17-4-7-20(8-5-17)32-21-9-6-18(15-27-21)23(24,25)26/h4-9,15,19H,2-3,10-14,16H2,1H3. The van der Waals surface area contributed by atoms with Gasteiger partial charge in [-0.25, -0.2) is 4.98 Å². The third-order valence-electron chi connectivity index (χ3n) is 6.10. The number of benzene rings is 1. The fourth-order valence-corrected chi connectivity index (χ4v) is 4.30. The smallest absolute Gasteiger partial charge is 0.417 e. The summed E-state index contributed by atoms with van der Waals surface area (Å²) in [6, 6.07) is 9.26. The van der Waals surface area contributed by atoms with Gasteiger partial charge in [0.2, 0.25) is 5.88 Å². The molecule has 2 aliphatic heterocycles. The molecule has 1 amide bonds. The highest BCUT2D eigenvalue weighted by Crippen LogP contribution is 2.30. The molecule has 6 nitrogen and oxygen atoms in total. The van der Waals surface area contributed by atoms with Crippen molar-refractivity contribution in [3.8, 4) is 11.6 Å². The molecule has 9 heteroatoms. The molecule has 172 valence electrons. The minimum atomic E-state index is -4.44. The molecule has 2 aromatic rings. The number of pyridine rings is 1. The second kappa shape index (κ2) is 9.46. The SMILES string of the molecule is CN1CCCC(N2CCN(C(=O)c3ccc(Oc4ccc(C(F)(F)F)cn4)cc3)CC2)C1. The predicted molar refractivity (Wildman–Crippen MR) is 114 cm³/mol. The molecule has 32 heavy (non-hydrogen) atoms. The molecule has 0 N–H and O–H groups in total. The monoisotopic (exact) mass is 448 g/mol. The van der Waals surface area contributed by atoms with E-state index in [2.05, 4.69) is 21.8 Å². The summed E-state index contributed by atoms with van der Waals surface area (Å²) >= 11 is 0. The van der Waals surface area contributed by atoms with Crippen LogP contribution in [0.15, 0.2) is 42.6 Å². The van der Waals surface area contributed by atoms with E-state index >= 15 is 0 Å². The number of alkyl halides is 3. The van der Waals surface area contributed by atoms with Gasteiger partial charge in [0.1, 0.15) is 5.75 Å². The molecule has 0 saturated carbocycles. The van der Waals surface area contributed by atoms with Gasteiger partial charge in [-0.1, -0.05) is 0 Å². The van der Waals surface area contributed by atoms with Crippen molar-refractivity contribution in [2.45, 2.75) is 25.1 Å². The molecule has 1 atom stereocenters. The summed E-state index contributed by atoms with van der Waals surface area (Å²) in [6.45, 7) is 5.41. The van der Waals surface area contributed by atoms with Crippen molar-refractivity contribution in [1.82, 2.24) is 19.7 Å². The maximum Gasteiger partial charge on any atom is 0.417 e. The Balaban J connectivity index is 1.30. The zero-order valence-corrected chi connectivity index (χ0v) is 18.0. The van der Waals surface area contributed by atoms with Gasteiger partial charge in [0.05, 0.1) is 5.56 Å². The Morgan fingerprint density at radius 2 is 1.75 bits per heavy atom. The van der Waals surface area contributed by atoms with Crippen LogP contribution in [0.2, 0.25) is 0 Å². The van der Waals surface area contributed by atoms with Crippen LogP contribution in [0, 0.1) is 0 Å². The molecule has 1 aromatic carbocycles. The summed E-state index contributed by atoms with van der Waals surface area (Å²) in [6.07, 6.45) is -1.27. The fraction of sp³-hybridized carbons (Fsp3) is 0.478. The lowest BCUT2D eigenvalue weighted by molar-refractivity contribution is -0.137.